The van der Waals surface area contributed by atoms with Gasteiger partial charge in [0.15, 0.2) is 6.10 Å². The van der Waals surface area contributed by atoms with Crippen LogP contribution in [0, 0.1) is 0 Å². The van der Waals surface area contributed by atoms with Gasteiger partial charge in [0.25, 0.3) is 0 Å². The third-order valence-electron chi connectivity index (χ3n) is 12.5. The summed E-state index contributed by atoms with van der Waals surface area (Å²) in [6.07, 6.45) is 78.3. The van der Waals surface area contributed by atoms with Crippen LogP contribution in [0.4, 0.5) is 0 Å². The molecule has 0 amide bonds. The predicted octanol–water partition coefficient (Wildman–Crippen LogP) is 20.1. The van der Waals surface area contributed by atoms with E-state index < -0.39 is 6.10 Å². The van der Waals surface area contributed by atoms with Gasteiger partial charge in [-0.3, -0.25) is 14.4 Å². The molecule has 0 rings (SSSR count). The molecule has 0 heterocycles. The number of hydrogen-bond donors (Lipinski definition) is 0. The molecule has 0 aromatic rings. The lowest BCUT2D eigenvalue weighted by Crippen LogP contribution is -2.30. The van der Waals surface area contributed by atoms with Crippen LogP contribution in [-0.4, -0.2) is 37.2 Å². The fourth-order valence-corrected chi connectivity index (χ4v) is 8.09. The molecule has 6 heteroatoms. The van der Waals surface area contributed by atoms with Gasteiger partial charge >= 0.3 is 17.9 Å². The van der Waals surface area contributed by atoms with Gasteiger partial charge in [-0.25, -0.2) is 0 Å². The van der Waals surface area contributed by atoms with E-state index in [1.165, 1.54) is 141 Å². The molecule has 6 nitrogen and oxygen atoms in total. The van der Waals surface area contributed by atoms with Gasteiger partial charge in [0.1, 0.15) is 13.2 Å². The molecule has 0 aromatic heterocycles. The Morgan fingerprint density at radius 3 is 0.944 bits per heavy atom. The molecular formula is C65H110O6. The van der Waals surface area contributed by atoms with Gasteiger partial charge in [0, 0.05) is 19.3 Å². The van der Waals surface area contributed by atoms with Gasteiger partial charge in [0.05, 0.1) is 0 Å². The second-order valence-corrected chi connectivity index (χ2v) is 19.5. The van der Waals surface area contributed by atoms with Crippen LogP contribution < -0.4 is 0 Å². The number of carbonyl (C=O) groups excluding carboxylic acids is 3. The molecule has 0 aliphatic heterocycles. The fourth-order valence-electron chi connectivity index (χ4n) is 8.09. The SMILES string of the molecule is CC/C=C\C/C=C\C/C=C\C/C=C\C/C=C\CCCC(=O)OCC(COC(=O)CCCCCCCCC/C=C\C/C=C\CCCCCC)OC(=O)CCCCCCCCC/C=C\CCCCCCCCC. The van der Waals surface area contributed by atoms with Gasteiger partial charge in [0.2, 0.25) is 0 Å². The molecule has 0 aliphatic carbocycles. The first-order valence-electron chi connectivity index (χ1n) is 29.7. The highest BCUT2D eigenvalue weighted by Crippen LogP contribution is 2.15. The van der Waals surface area contributed by atoms with Crippen molar-refractivity contribution >= 4 is 17.9 Å². The molecule has 0 saturated heterocycles. The van der Waals surface area contributed by atoms with E-state index in [4.69, 9.17) is 14.2 Å². The Morgan fingerprint density at radius 1 is 0.296 bits per heavy atom. The molecule has 0 saturated carbocycles. The van der Waals surface area contributed by atoms with Crippen molar-refractivity contribution in [2.45, 2.75) is 284 Å². The second-order valence-electron chi connectivity index (χ2n) is 19.5. The molecular weight excluding hydrogens is 877 g/mol. The zero-order chi connectivity index (χ0) is 51.4. The molecule has 0 spiro atoms. The highest BCUT2D eigenvalue weighted by atomic mass is 16.6. The Balaban J connectivity index is 4.49. The number of ether oxygens (including phenoxy) is 3. The molecule has 0 N–H and O–H groups in total. The van der Waals surface area contributed by atoms with Crippen molar-refractivity contribution in [3.05, 3.63) is 97.2 Å². The number of esters is 3. The van der Waals surface area contributed by atoms with E-state index in [-0.39, 0.29) is 37.5 Å². The molecule has 1 atom stereocenters. The molecule has 1 unspecified atom stereocenters. The third-order valence-corrected chi connectivity index (χ3v) is 12.5. The lowest BCUT2D eigenvalue weighted by atomic mass is 10.1. The minimum absolute atomic E-state index is 0.101. The summed E-state index contributed by atoms with van der Waals surface area (Å²) in [5.41, 5.74) is 0. The number of unbranched alkanes of at least 4 members (excludes halogenated alkanes) is 26. The molecule has 406 valence electrons. The van der Waals surface area contributed by atoms with E-state index in [0.717, 1.165) is 89.9 Å². The summed E-state index contributed by atoms with van der Waals surface area (Å²) in [5.74, 6) is -0.968. The van der Waals surface area contributed by atoms with E-state index in [1.54, 1.807) is 0 Å². The van der Waals surface area contributed by atoms with Crippen LogP contribution in [0.5, 0.6) is 0 Å². The predicted molar refractivity (Wildman–Crippen MR) is 307 cm³/mol. The van der Waals surface area contributed by atoms with Gasteiger partial charge in [-0.05, 0) is 116 Å². The van der Waals surface area contributed by atoms with Gasteiger partial charge in [-0.2, -0.15) is 0 Å². The number of rotatable bonds is 53. The summed E-state index contributed by atoms with van der Waals surface area (Å²) in [4.78, 5) is 38.2. The maximum absolute atomic E-state index is 12.9. The topological polar surface area (TPSA) is 78.9 Å². The first-order chi connectivity index (χ1) is 35.0. The monoisotopic (exact) mass is 987 g/mol. The molecule has 71 heavy (non-hydrogen) atoms. The maximum atomic E-state index is 12.9. The average Bonchev–Trinajstić information content (AvgIpc) is 3.37. The van der Waals surface area contributed by atoms with Crippen molar-refractivity contribution in [1.82, 2.24) is 0 Å². The van der Waals surface area contributed by atoms with E-state index >= 15 is 0 Å². The van der Waals surface area contributed by atoms with Gasteiger partial charge in [-0.15, -0.1) is 0 Å². The largest absolute Gasteiger partial charge is 0.462 e. The summed E-state index contributed by atoms with van der Waals surface area (Å²) in [6, 6.07) is 0. The van der Waals surface area contributed by atoms with Crippen molar-refractivity contribution in [2.24, 2.45) is 0 Å². The maximum Gasteiger partial charge on any atom is 0.306 e. The number of carbonyl (C=O) groups is 3. The average molecular weight is 988 g/mol. The summed E-state index contributed by atoms with van der Waals surface area (Å²) < 4.78 is 16.8. The van der Waals surface area contributed by atoms with Gasteiger partial charge < -0.3 is 14.2 Å². The van der Waals surface area contributed by atoms with Crippen LogP contribution in [0.2, 0.25) is 0 Å². The van der Waals surface area contributed by atoms with Crippen LogP contribution in [0.25, 0.3) is 0 Å². The fraction of sp³-hybridized carbons (Fsp3) is 0.708. The van der Waals surface area contributed by atoms with Crippen LogP contribution in [0.1, 0.15) is 278 Å². The molecule has 0 radical (unpaired) electrons. The molecule has 0 bridgehead atoms. The summed E-state index contributed by atoms with van der Waals surface area (Å²) >= 11 is 0. The zero-order valence-electron chi connectivity index (χ0n) is 46.5. The standard InChI is InChI=1S/C65H110O6/c1-4-7-10-13-16-19-22-25-28-31-34-37-40-43-46-49-52-55-58-64(67)70-61-62(60-69-63(66)57-54-51-48-45-42-39-36-33-30-27-24-21-18-15-12-9-6-3)71-65(68)59-56-53-50-47-44-41-38-35-32-29-26-23-20-17-14-11-8-5-2/h9,12,18-19,21-22,27-32,36,39,45,48,62H,4-8,10-11,13-17,20,23-26,33-35,37-38,40-44,46-47,49-61H2,1-3H3/b12-9-,21-18-,22-19-,30-27-,31-28-,32-29-,39-36-,48-45-. The Morgan fingerprint density at radius 2 is 0.563 bits per heavy atom. The number of hydrogen-bond acceptors (Lipinski definition) is 6. The van der Waals surface area contributed by atoms with Crippen molar-refractivity contribution in [3.63, 3.8) is 0 Å². The lowest BCUT2D eigenvalue weighted by Gasteiger charge is -2.18. The third kappa shape index (κ3) is 57.1. The zero-order valence-corrected chi connectivity index (χ0v) is 46.5. The quantitative estimate of drug-likeness (QED) is 0.0261. The van der Waals surface area contributed by atoms with Crippen molar-refractivity contribution in [1.29, 1.82) is 0 Å². The Labute approximate surface area is 438 Å². The van der Waals surface area contributed by atoms with Crippen LogP contribution >= 0.6 is 0 Å². The smallest absolute Gasteiger partial charge is 0.306 e. The Hall–Kier alpha value is -3.67. The Bertz CT molecular complexity index is 1410. The Kier molecular flexibility index (Phi) is 55.9. The van der Waals surface area contributed by atoms with Crippen LogP contribution in [0.15, 0.2) is 97.2 Å². The molecule has 0 fully saturated rings. The second kappa shape index (κ2) is 58.9. The van der Waals surface area contributed by atoms with Crippen molar-refractivity contribution in [3.8, 4) is 0 Å². The van der Waals surface area contributed by atoms with Crippen LogP contribution in [-0.2, 0) is 28.6 Å². The lowest BCUT2D eigenvalue weighted by molar-refractivity contribution is -0.167. The molecule has 0 aromatic carbocycles. The van der Waals surface area contributed by atoms with E-state index in [1.807, 2.05) is 0 Å². The summed E-state index contributed by atoms with van der Waals surface area (Å²) in [6.45, 7) is 6.46. The number of allylic oxidation sites excluding steroid dienone is 16. The normalized spacial score (nSPS) is 12.8. The van der Waals surface area contributed by atoms with E-state index in [9.17, 15) is 14.4 Å². The first kappa shape index (κ1) is 67.3. The summed E-state index contributed by atoms with van der Waals surface area (Å²) in [5, 5.41) is 0. The van der Waals surface area contributed by atoms with Crippen LogP contribution in [0.3, 0.4) is 0 Å². The van der Waals surface area contributed by atoms with Gasteiger partial charge in [-0.1, -0.05) is 240 Å². The van der Waals surface area contributed by atoms with E-state index in [0.29, 0.717) is 19.3 Å². The molecule has 0 aliphatic rings. The van der Waals surface area contributed by atoms with Crippen molar-refractivity contribution in [2.75, 3.05) is 13.2 Å². The van der Waals surface area contributed by atoms with Crippen molar-refractivity contribution < 1.29 is 28.6 Å². The minimum Gasteiger partial charge on any atom is -0.462 e. The highest BCUT2D eigenvalue weighted by Gasteiger charge is 2.19. The van der Waals surface area contributed by atoms with E-state index in [2.05, 4.69) is 118 Å². The first-order valence-corrected chi connectivity index (χ1v) is 29.7. The minimum atomic E-state index is -0.808. The summed E-state index contributed by atoms with van der Waals surface area (Å²) in [7, 11) is 0. The highest BCUT2D eigenvalue weighted by molar-refractivity contribution is 5.71.